The van der Waals surface area contributed by atoms with Gasteiger partial charge in [0.05, 0.1) is 5.02 Å². The molecule has 0 aliphatic carbocycles. The van der Waals surface area contributed by atoms with Crippen LogP contribution in [0.4, 0.5) is 4.39 Å². The van der Waals surface area contributed by atoms with Crippen molar-refractivity contribution < 1.29 is 12.8 Å². The lowest BCUT2D eigenvalue weighted by Gasteiger charge is -2.33. The fraction of sp³-hybridized carbons (Fsp3) is 0.500. The van der Waals surface area contributed by atoms with Crippen LogP contribution in [0.1, 0.15) is 19.3 Å². The molecule has 1 saturated heterocycles. The third-order valence-corrected chi connectivity index (χ3v) is 6.41. The van der Waals surface area contributed by atoms with E-state index in [-0.39, 0.29) is 16.0 Å². The number of alkyl halides is 1. The van der Waals surface area contributed by atoms with E-state index in [1.54, 1.807) is 0 Å². The van der Waals surface area contributed by atoms with Gasteiger partial charge in [0.1, 0.15) is 10.7 Å². The molecule has 0 aromatic heterocycles. The van der Waals surface area contributed by atoms with Gasteiger partial charge in [-0.05, 0) is 31.0 Å². The molecule has 0 N–H and O–H groups in total. The van der Waals surface area contributed by atoms with Crippen LogP contribution in [0, 0.1) is 5.82 Å². The molecule has 1 aromatic rings. The van der Waals surface area contributed by atoms with Crippen molar-refractivity contribution in [1.29, 1.82) is 0 Å². The van der Waals surface area contributed by atoms with E-state index >= 15 is 0 Å². The van der Waals surface area contributed by atoms with E-state index in [0.717, 1.165) is 31.4 Å². The molecule has 2 rings (SSSR count). The molecule has 0 amide bonds. The summed E-state index contributed by atoms with van der Waals surface area (Å²) in [7, 11) is -3.75. The van der Waals surface area contributed by atoms with Gasteiger partial charge in [-0.15, -0.1) is 0 Å². The van der Waals surface area contributed by atoms with Gasteiger partial charge in [-0.25, -0.2) is 12.8 Å². The molecule has 1 fully saturated rings. The van der Waals surface area contributed by atoms with Crippen LogP contribution >= 0.6 is 27.5 Å². The Balaban J connectivity index is 2.43. The topological polar surface area (TPSA) is 37.4 Å². The summed E-state index contributed by atoms with van der Waals surface area (Å²) < 4.78 is 39.9. The van der Waals surface area contributed by atoms with Crippen molar-refractivity contribution in [3.05, 3.63) is 29.0 Å². The zero-order valence-electron chi connectivity index (χ0n) is 10.2. The third kappa shape index (κ3) is 3.12. The smallest absolute Gasteiger partial charge is 0.207 e. The molecule has 1 aliphatic rings. The van der Waals surface area contributed by atoms with Crippen LogP contribution in [-0.2, 0) is 10.0 Å². The molecule has 1 atom stereocenters. The van der Waals surface area contributed by atoms with Crippen molar-refractivity contribution in [2.75, 3.05) is 11.9 Å². The minimum Gasteiger partial charge on any atom is -0.207 e. The highest BCUT2D eigenvalue weighted by atomic mass is 79.9. The number of nitrogens with zero attached hydrogens (tertiary/aromatic N) is 1. The molecule has 1 heterocycles. The second-order valence-electron chi connectivity index (χ2n) is 4.49. The molecule has 1 aromatic carbocycles. The SMILES string of the molecule is O=S(=O)(c1cc(F)ccc1Cl)N1CCCCC1CBr. The third-order valence-electron chi connectivity index (χ3n) is 3.23. The highest BCUT2D eigenvalue weighted by Crippen LogP contribution is 2.30. The standard InChI is InChI=1S/C12H14BrClFNO2S/c13-8-10-3-1-2-6-16(10)19(17,18)12-7-9(15)4-5-11(12)14/h4-5,7,10H,1-3,6,8H2. The Morgan fingerprint density at radius 1 is 1.42 bits per heavy atom. The lowest BCUT2D eigenvalue weighted by atomic mass is 10.1. The number of piperidine rings is 1. The highest BCUT2D eigenvalue weighted by Gasteiger charge is 2.34. The van der Waals surface area contributed by atoms with Crippen LogP contribution in [-0.4, -0.2) is 30.6 Å². The largest absolute Gasteiger partial charge is 0.244 e. The lowest BCUT2D eigenvalue weighted by Crippen LogP contribution is -2.44. The van der Waals surface area contributed by atoms with Crippen molar-refractivity contribution >= 4 is 37.6 Å². The van der Waals surface area contributed by atoms with E-state index in [2.05, 4.69) is 15.9 Å². The molecule has 19 heavy (non-hydrogen) atoms. The molecular weight excluding hydrogens is 357 g/mol. The number of sulfonamides is 1. The first-order chi connectivity index (χ1) is 8.96. The fourth-order valence-electron chi connectivity index (χ4n) is 2.25. The van der Waals surface area contributed by atoms with E-state index < -0.39 is 15.8 Å². The van der Waals surface area contributed by atoms with Gasteiger partial charge in [0.15, 0.2) is 0 Å². The Hall–Kier alpha value is -0.170. The maximum absolute atomic E-state index is 13.3. The summed E-state index contributed by atoms with van der Waals surface area (Å²) in [6.45, 7) is 0.450. The first-order valence-electron chi connectivity index (χ1n) is 5.99. The average Bonchev–Trinajstić information content (AvgIpc) is 2.41. The van der Waals surface area contributed by atoms with Gasteiger partial charge < -0.3 is 0 Å². The number of halogens is 3. The highest BCUT2D eigenvalue weighted by molar-refractivity contribution is 9.09. The second-order valence-corrected chi connectivity index (χ2v) is 7.41. The number of benzene rings is 1. The van der Waals surface area contributed by atoms with Crippen LogP contribution in [0.2, 0.25) is 5.02 Å². The van der Waals surface area contributed by atoms with Gasteiger partial charge in [-0.3, -0.25) is 0 Å². The Labute approximate surface area is 125 Å². The van der Waals surface area contributed by atoms with Crippen LogP contribution in [0.15, 0.2) is 23.1 Å². The zero-order valence-corrected chi connectivity index (χ0v) is 13.3. The van der Waals surface area contributed by atoms with E-state index in [1.807, 2.05) is 0 Å². The minimum atomic E-state index is -3.75. The summed E-state index contributed by atoms with van der Waals surface area (Å²) in [5.41, 5.74) is 0. The molecule has 0 radical (unpaired) electrons. The normalized spacial score (nSPS) is 21.5. The Morgan fingerprint density at radius 2 is 2.16 bits per heavy atom. The molecule has 3 nitrogen and oxygen atoms in total. The van der Waals surface area contributed by atoms with E-state index in [1.165, 1.54) is 10.4 Å². The second kappa shape index (κ2) is 6.08. The van der Waals surface area contributed by atoms with Crippen molar-refractivity contribution in [3.8, 4) is 0 Å². The summed E-state index contributed by atoms with van der Waals surface area (Å²) in [5.74, 6) is -0.602. The van der Waals surface area contributed by atoms with Gasteiger partial charge in [0, 0.05) is 17.9 Å². The molecular formula is C12H14BrClFNO2S. The average molecular weight is 371 g/mol. The van der Waals surface area contributed by atoms with Crippen LogP contribution in [0.3, 0.4) is 0 Å². The zero-order chi connectivity index (χ0) is 14.0. The molecule has 0 bridgehead atoms. The maximum Gasteiger partial charge on any atom is 0.244 e. The van der Waals surface area contributed by atoms with Crippen LogP contribution in [0.5, 0.6) is 0 Å². The predicted molar refractivity (Wildman–Crippen MR) is 76.7 cm³/mol. The molecule has 0 spiro atoms. The number of rotatable bonds is 3. The van der Waals surface area contributed by atoms with Crippen molar-refractivity contribution in [3.63, 3.8) is 0 Å². The van der Waals surface area contributed by atoms with E-state index in [0.29, 0.717) is 11.9 Å². The minimum absolute atomic E-state index is 0.0558. The summed E-state index contributed by atoms with van der Waals surface area (Å²) in [6, 6.07) is 3.31. The van der Waals surface area contributed by atoms with Gasteiger partial charge in [-0.2, -0.15) is 4.31 Å². The van der Waals surface area contributed by atoms with Crippen molar-refractivity contribution in [1.82, 2.24) is 4.31 Å². The molecule has 1 unspecified atom stereocenters. The molecule has 106 valence electrons. The number of hydrogen-bond donors (Lipinski definition) is 0. The van der Waals surface area contributed by atoms with E-state index in [4.69, 9.17) is 11.6 Å². The quantitative estimate of drug-likeness (QED) is 0.765. The Morgan fingerprint density at radius 3 is 2.84 bits per heavy atom. The molecule has 7 heteroatoms. The Kier molecular flexibility index (Phi) is 4.87. The lowest BCUT2D eigenvalue weighted by molar-refractivity contribution is 0.273. The number of hydrogen-bond acceptors (Lipinski definition) is 2. The van der Waals surface area contributed by atoms with Crippen LogP contribution in [0.25, 0.3) is 0 Å². The predicted octanol–water partition coefficient (Wildman–Crippen LogP) is 3.42. The maximum atomic E-state index is 13.3. The summed E-state index contributed by atoms with van der Waals surface area (Å²) in [6.07, 6.45) is 2.62. The van der Waals surface area contributed by atoms with Gasteiger partial charge in [0.25, 0.3) is 0 Å². The molecule has 0 saturated carbocycles. The summed E-state index contributed by atoms with van der Waals surface area (Å²) in [5, 5.41) is 0.624. The summed E-state index contributed by atoms with van der Waals surface area (Å²) in [4.78, 5) is -0.151. The first-order valence-corrected chi connectivity index (χ1v) is 8.93. The fourth-order valence-corrected chi connectivity index (χ4v) is 5.29. The molecule has 1 aliphatic heterocycles. The van der Waals surface area contributed by atoms with Crippen molar-refractivity contribution in [2.24, 2.45) is 0 Å². The monoisotopic (exact) mass is 369 g/mol. The van der Waals surface area contributed by atoms with Crippen LogP contribution < -0.4 is 0 Å². The van der Waals surface area contributed by atoms with Gasteiger partial charge in [-0.1, -0.05) is 34.0 Å². The Bertz CT molecular complexity index is 567. The summed E-state index contributed by atoms with van der Waals surface area (Å²) >= 11 is 9.24. The first kappa shape index (κ1) is 15.2. The van der Waals surface area contributed by atoms with E-state index in [9.17, 15) is 12.8 Å². The van der Waals surface area contributed by atoms with Crippen molar-refractivity contribution in [2.45, 2.75) is 30.2 Å². The van der Waals surface area contributed by atoms with Gasteiger partial charge >= 0.3 is 0 Å². The van der Waals surface area contributed by atoms with Gasteiger partial charge in [0.2, 0.25) is 10.0 Å².